The number of nitrogens with one attached hydrogen (secondary N) is 2. The van der Waals surface area contributed by atoms with Crippen molar-refractivity contribution in [2.75, 3.05) is 6.61 Å². The van der Waals surface area contributed by atoms with Crippen LogP contribution in [0.15, 0.2) is 22.3 Å². The van der Waals surface area contributed by atoms with Gasteiger partial charge in [-0.1, -0.05) is 6.92 Å². The van der Waals surface area contributed by atoms with Crippen LogP contribution in [0.2, 0.25) is 0 Å². The SMILES string of the molecule is CCC1CONC(c2c(=O)cnn3[nH]cnc23)=N1. The molecule has 1 aliphatic rings. The van der Waals surface area contributed by atoms with Gasteiger partial charge >= 0.3 is 0 Å². The van der Waals surface area contributed by atoms with Crippen molar-refractivity contribution in [1.82, 2.24) is 25.3 Å². The van der Waals surface area contributed by atoms with Crippen molar-refractivity contribution in [2.45, 2.75) is 19.4 Å². The van der Waals surface area contributed by atoms with Crippen molar-refractivity contribution in [2.24, 2.45) is 4.99 Å². The van der Waals surface area contributed by atoms with Gasteiger partial charge in [0.1, 0.15) is 11.9 Å². The highest BCUT2D eigenvalue weighted by atomic mass is 16.6. The number of amidine groups is 1. The number of rotatable bonds is 2. The van der Waals surface area contributed by atoms with Crippen molar-refractivity contribution in [3.8, 4) is 0 Å². The molecule has 0 bridgehead atoms. The molecule has 0 aromatic carbocycles. The number of aromatic amines is 1. The largest absolute Gasteiger partial charge is 0.287 e. The number of fused-ring (bicyclic) bond motifs is 1. The lowest BCUT2D eigenvalue weighted by molar-refractivity contribution is 0.0616. The number of nitrogens with zero attached hydrogens (tertiary/aromatic N) is 4. The number of hydrogen-bond acceptors (Lipinski definition) is 6. The minimum absolute atomic E-state index is 0.0489. The molecule has 8 heteroatoms. The fraction of sp³-hybridized carbons (Fsp3) is 0.400. The zero-order valence-electron chi connectivity index (χ0n) is 9.75. The summed E-state index contributed by atoms with van der Waals surface area (Å²) >= 11 is 0. The van der Waals surface area contributed by atoms with Crippen LogP contribution in [-0.4, -0.2) is 38.3 Å². The summed E-state index contributed by atoms with van der Waals surface area (Å²) in [5, 5.41) is 6.68. The van der Waals surface area contributed by atoms with E-state index in [1.165, 1.54) is 17.2 Å². The molecule has 1 aliphatic heterocycles. The molecule has 3 rings (SSSR count). The highest BCUT2D eigenvalue weighted by molar-refractivity contribution is 6.03. The van der Waals surface area contributed by atoms with E-state index in [0.717, 1.165) is 6.42 Å². The van der Waals surface area contributed by atoms with Gasteiger partial charge in [-0.15, -0.1) is 0 Å². The lowest BCUT2D eigenvalue weighted by Crippen LogP contribution is -2.38. The Labute approximate surface area is 102 Å². The van der Waals surface area contributed by atoms with Gasteiger partial charge in [0.2, 0.25) is 5.43 Å². The zero-order valence-corrected chi connectivity index (χ0v) is 9.75. The monoisotopic (exact) mass is 248 g/mol. The van der Waals surface area contributed by atoms with E-state index in [1.807, 2.05) is 6.92 Å². The molecule has 2 aromatic heterocycles. The highest BCUT2D eigenvalue weighted by Crippen LogP contribution is 2.08. The summed E-state index contributed by atoms with van der Waals surface area (Å²) < 4.78 is 1.41. The van der Waals surface area contributed by atoms with Gasteiger partial charge in [0, 0.05) is 0 Å². The van der Waals surface area contributed by atoms with Crippen molar-refractivity contribution in [3.63, 3.8) is 0 Å². The lowest BCUT2D eigenvalue weighted by Gasteiger charge is -2.20. The molecule has 0 amide bonds. The summed E-state index contributed by atoms with van der Waals surface area (Å²) in [5.41, 5.74) is 3.23. The topological polar surface area (TPSA) is 96.7 Å². The summed E-state index contributed by atoms with van der Waals surface area (Å²) in [7, 11) is 0. The van der Waals surface area contributed by atoms with E-state index in [1.54, 1.807) is 0 Å². The average molecular weight is 248 g/mol. The zero-order chi connectivity index (χ0) is 12.5. The minimum Gasteiger partial charge on any atom is -0.287 e. The fourth-order valence-corrected chi connectivity index (χ4v) is 1.80. The summed E-state index contributed by atoms with van der Waals surface area (Å²) in [5.74, 6) is 0.408. The Morgan fingerprint density at radius 2 is 2.50 bits per heavy atom. The molecule has 2 aromatic rings. The first-order valence-electron chi connectivity index (χ1n) is 5.67. The Balaban J connectivity index is 2.19. The minimum atomic E-state index is -0.242. The maximum absolute atomic E-state index is 11.9. The van der Waals surface area contributed by atoms with Crippen LogP contribution >= 0.6 is 0 Å². The maximum atomic E-state index is 11.9. The molecule has 0 saturated heterocycles. The quantitative estimate of drug-likeness (QED) is 0.745. The summed E-state index contributed by atoms with van der Waals surface area (Å²) in [4.78, 5) is 25.7. The Bertz CT molecular complexity index is 658. The number of H-pyrrole nitrogens is 1. The fourth-order valence-electron chi connectivity index (χ4n) is 1.80. The predicted molar refractivity (Wildman–Crippen MR) is 63.3 cm³/mol. The van der Waals surface area contributed by atoms with E-state index in [0.29, 0.717) is 23.7 Å². The molecule has 0 fully saturated rings. The molecule has 0 spiro atoms. The maximum Gasteiger partial charge on any atom is 0.213 e. The molecule has 0 aliphatic carbocycles. The van der Waals surface area contributed by atoms with Gasteiger partial charge in [-0.3, -0.25) is 19.7 Å². The van der Waals surface area contributed by atoms with E-state index in [9.17, 15) is 4.79 Å². The van der Waals surface area contributed by atoms with Gasteiger partial charge in [0.15, 0.2) is 11.5 Å². The average Bonchev–Trinajstić information content (AvgIpc) is 2.87. The van der Waals surface area contributed by atoms with Crippen LogP contribution in [0.3, 0.4) is 0 Å². The Morgan fingerprint density at radius 3 is 3.33 bits per heavy atom. The number of hydroxylamine groups is 1. The van der Waals surface area contributed by atoms with Gasteiger partial charge in [-0.05, 0) is 6.42 Å². The van der Waals surface area contributed by atoms with E-state index in [2.05, 4.69) is 25.7 Å². The van der Waals surface area contributed by atoms with E-state index in [4.69, 9.17) is 4.84 Å². The molecule has 3 heterocycles. The molecule has 0 saturated carbocycles. The Kier molecular flexibility index (Phi) is 2.56. The van der Waals surface area contributed by atoms with Gasteiger partial charge in [0.25, 0.3) is 0 Å². The van der Waals surface area contributed by atoms with Crippen LogP contribution in [0.5, 0.6) is 0 Å². The molecule has 18 heavy (non-hydrogen) atoms. The third kappa shape index (κ3) is 1.66. The smallest absolute Gasteiger partial charge is 0.213 e. The van der Waals surface area contributed by atoms with Crippen molar-refractivity contribution in [1.29, 1.82) is 0 Å². The van der Waals surface area contributed by atoms with Gasteiger partial charge in [0.05, 0.1) is 18.8 Å². The normalized spacial score (nSPS) is 19.6. The van der Waals surface area contributed by atoms with Crippen LogP contribution in [0, 0.1) is 0 Å². The van der Waals surface area contributed by atoms with E-state index < -0.39 is 0 Å². The predicted octanol–water partition coefficient (Wildman–Crippen LogP) is -0.522. The first-order valence-corrected chi connectivity index (χ1v) is 5.67. The van der Waals surface area contributed by atoms with Crippen LogP contribution in [-0.2, 0) is 4.84 Å². The lowest BCUT2D eigenvalue weighted by atomic mass is 10.2. The van der Waals surface area contributed by atoms with Crippen LogP contribution < -0.4 is 10.9 Å². The number of aliphatic imine (C=N–C) groups is 1. The standard InChI is InChI=1S/C10H12N6O2/c1-2-6-4-18-15-9(14-6)8-7(17)3-12-16-10(8)11-5-13-16/h3,5-6H,2,4H2,1H3,(H,11,13)(H,14,15). The number of hydrogen-bond donors (Lipinski definition) is 2. The molecule has 2 N–H and O–H groups in total. The summed E-state index contributed by atoms with van der Waals surface area (Å²) in [6.45, 7) is 2.51. The van der Waals surface area contributed by atoms with Crippen molar-refractivity contribution in [3.05, 3.63) is 28.3 Å². The second kappa shape index (κ2) is 4.22. The summed E-state index contributed by atoms with van der Waals surface area (Å²) in [6, 6.07) is 0.0489. The summed E-state index contributed by atoms with van der Waals surface area (Å²) in [6.07, 6.45) is 3.54. The molecule has 8 nitrogen and oxygen atoms in total. The van der Waals surface area contributed by atoms with E-state index >= 15 is 0 Å². The number of aromatic nitrogens is 4. The van der Waals surface area contributed by atoms with Crippen LogP contribution in [0.25, 0.3) is 5.65 Å². The van der Waals surface area contributed by atoms with Gasteiger partial charge in [-0.25, -0.2) is 10.5 Å². The van der Waals surface area contributed by atoms with Crippen LogP contribution in [0.4, 0.5) is 0 Å². The van der Waals surface area contributed by atoms with Gasteiger partial charge < -0.3 is 0 Å². The Hall–Kier alpha value is -2.22. The molecule has 1 atom stereocenters. The third-order valence-corrected chi connectivity index (χ3v) is 2.79. The van der Waals surface area contributed by atoms with Crippen LogP contribution in [0.1, 0.15) is 18.9 Å². The molecule has 0 radical (unpaired) electrons. The second-order valence-corrected chi connectivity index (χ2v) is 3.96. The second-order valence-electron chi connectivity index (χ2n) is 3.96. The molecule has 1 unspecified atom stereocenters. The molecule has 94 valence electrons. The van der Waals surface area contributed by atoms with Crippen molar-refractivity contribution >= 4 is 11.5 Å². The highest BCUT2D eigenvalue weighted by Gasteiger charge is 2.20. The van der Waals surface area contributed by atoms with Crippen molar-refractivity contribution < 1.29 is 4.84 Å². The van der Waals surface area contributed by atoms with Gasteiger partial charge in [-0.2, -0.15) is 9.73 Å². The molecular weight excluding hydrogens is 236 g/mol. The first-order chi connectivity index (χ1) is 8.79. The van der Waals surface area contributed by atoms with E-state index in [-0.39, 0.29) is 11.5 Å². The molecular formula is C10H12N6O2. The Morgan fingerprint density at radius 1 is 1.61 bits per heavy atom. The third-order valence-electron chi connectivity index (χ3n) is 2.79. The first kappa shape index (κ1) is 10.9.